The van der Waals surface area contributed by atoms with E-state index in [1.807, 2.05) is 42.6 Å². The zero-order chi connectivity index (χ0) is 27.7. The molecule has 1 aromatic heterocycles. The molecule has 1 amide bonds. The summed E-state index contributed by atoms with van der Waals surface area (Å²) in [6, 6.07) is 23.3. The Kier molecular flexibility index (Phi) is 6.81. The van der Waals surface area contributed by atoms with Gasteiger partial charge in [0.05, 0.1) is 27.7 Å². The zero-order valence-corrected chi connectivity index (χ0v) is 22.5. The normalized spacial score (nSPS) is 16.5. The molecular formula is C31H28N4O4S. The Labute approximate surface area is 232 Å². The van der Waals surface area contributed by atoms with Gasteiger partial charge in [-0.25, -0.2) is 8.42 Å². The maximum atomic E-state index is 13.7. The van der Waals surface area contributed by atoms with E-state index in [4.69, 9.17) is 0 Å². The summed E-state index contributed by atoms with van der Waals surface area (Å²) in [5, 5.41) is 10.6. The maximum Gasteiger partial charge on any atom is 0.257 e. The number of hydrogen-bond donors (Lipinski definition) is 2. The van der Waals surface area contributed by atoms with Crippen LogP contribution in [-0.2, 0) is 26.0 Å². The smallest absolute Gasteiger partial charge is 0.257 e. The van der Waals surface area contributed by atoms with E-state index in [1.54, 1.807) is 53.2 Å². The molecule has 0 bridgehead atoms. The van der Waals surface area contributed by atoms with Gasteiger partial charge in [0, 0.05) is 30.7 Å². The number of amides is 1. The molecular weight excluding hydrogens is 524 g/mol. The largest absolute Gasteiger partial charge is 0.353 e. The van der Waals surface area contributed by atoms with Gasteiger partial charge < -0.3 is 10.6 Å². The molecule has 1 fully saturated rings. The van der Waals surface area contributed by atoms with Gasteiger partial charge in [0.25, 0.3) is 5.91 Å². The van der Waals surface area contributed by atoms with E-state index in [-0.39, 0.29) is 27.4 Å². The summed E-state index contributed by atoms with van der Waals surface area (Å²) in [4.78, 5) is 25.9. The fourth-order valence-corrected chi connectivity index (χ4v) is 6.79. The Morgan fingerprint density at radius 2 is 1.68 bits per heavy atom. The van der Waals surface area contributed by atoms with E-state index in [0.29, 0.717) is 60.6 Å². The number of anilines is 3. The van der Waals surface area contributed by atoms with Crippen LogP contribution in [0.4, 0.5) is 17.2 Å². The van der Waals surface area contributed by atoms with Gasteiger partial charge in [0.2, 0.25) is 9.84 Å². The van der Waals surface area contributed by atoms with Gasteiger partial charge in [-0.05, 0) is 54.2 Å². The fraction of sp³-hybridized carbons (Fsp3) is 0.194. The van der Waals surface area contributed by atoms with Crippen LogP contribution >= 0.6 is 0 Å². The van der Waals surface area contributed by atoms with Crippen molar-refractivity contribution < 1.29 is 18.0 Å². The number of carbonyl (C=O) groups is 2. The summed E-state index contributed by atoms with van der Waals surface area (Å²) in [5.74, 6) is 0.364. The quantitative estimate of drug-likeness (QED) is 0.265. The third kappa shape index (κ3) is 5.20. The van der Waals surface area contributed by atoms with Gasteiger partial charge in [0.15, 0.2) is 5.82 Å². The molecule has 3 aromatic carbocycles. The first-order valence-corrected chi connectivity index (χ1v) is 14.7. The average Bonchev–Trinajstić information content (AvgIpc) is 3.39. The predicted molar refractivity (Wildman–Crippen MR) is 153 cm³/mol. The van der Waals surface area contributed by atoms with Crippen molar-refractivity contribution in [1.29, 1.82) is 0 Å². The molecule has 2 heterocycles. The van der Waals surface area contributed by atoms with Crippen molar-refractivity contribution in [2.45, 2.75) is 42.0 Å². The molecule has 0 unspecified atom stereocenters. The molecule has 9 heteroatoms. The van der Waals surface area contributed by atoms with Gasteiger partial charge in [-0.3, -0.25) is 14.3 Å². The lowest BCUT2D eigenvalue weighted by Gasteiger charge is -2.23. The van der Waals surface area contributed by atoms with Gasteiger partial charge in [-0.15, -0.1) is 0 Å². The lowest BCUT2D eigenvalue weighted by Crippen LogP contribution is -2.18. The zero-order valence-electron chi connectivity index (χ0n) is 21.7. The number of aromatic nitrogens is 2. The van der Waals surface area contributed by atoms with E-state index in [9.17, 15) is 18.0 Å². The molecule has 8 nitrogen and oxygen atoms in total. The summed E-state index contributed by atoms with van der Waals surface area (Å²) in [7, 11) is -3.70. The minimum atomic E-state index is -3.70. The highest BCUT2D eigenvalue weighted by atomic mass is 32.2. The monoisotopic (exact) mass is 552 g/mol. The van der Waals surface area contributed by atoms with Crippen LogP contribution in [0.25, 0.3) is 5.57 Å². The van der Waals surface area contributed by atoms with Crippen LogP contribution in [0.2, 0.25) is 0 Å². The summed E-state index contributed by atoms with van der Waals surface area (Å²) in [5.41, 5.74) is 3.00. The van der Waals surface area contributed by atoms with Crippen LogP contribution in [0.1, 0.15) is 36.8 Å². The molecule has 2 N–H and O–H groups in total. The third-order valence-electron chi connectivity index (χ3n) is 7.33. The first-order valence-electron chi connectivity index (χ1n) is 13.2. The SMILES string of the molecule is O=C1CCC(/C=C(/C(=O)Nc2ccn(Cc3ccccc3)n2)c2ccc3c(c2)Nc2ccccc2S3(=O)=O)CC1. The van der Waals surface area contributed by atoms with Gasteiger partial charge in [-0.2, -0.15) is 5.10 Å². The van der Waals surface area contributed by atoms with Crippen LogP contribution in [0.3, 0.4) is 0 Å². The van der Waals surface area contributed by atoms with Crippen LogP contribution < -0.4 is 10.6 Å². The lowest BCUT2D eigenvalue weighted by molar-refractivity contribution is -0.120. The molecule has 1 saturated carbocycles. The second kappa shape index (κ2) is 10.6. The maximum absolute atomic E-state index is 13.7. The Bertz CT molecular complexity index is 1730. The number of ketones is 1. The van der Waals surface area contributed by atoms with Crippen molar-refractivity contribution in [1.82, 2.24) is 9.78 Å². The van der Waals surface area contributed by atoms with Gasteiger partial charge in [0.1, 0.15) is 5.78 Å². The van der Waals surface area contributed by atoms with Crippen LogP contribution in [-0.4, -0.2) is 29.9 Å². The van der Waals surface area contributed by atoms with E-state index < -0.39 is 9.84 Å². The molecule has 202 valence electrons. The molecule has 1 aliphatic carbocycles. The molecule has 0 saturated heterocycles. The van der Waals surface area contributed by atoms with Crippen LogP contribution in [0, 0.1) is 5.92 Å². The fourth-order valence-electron chi connectivity index (χ4n) is 5.24. The molecule has 40 heavy (non-hydrogen) atoms. The summed E-state index contributed by atoms with van der Waals surface area (Å²) >= 11 is 0. The van der Waals surface area contributed by atoms with Crippen molar-refractivity contribution in [3.8, 4) is 0 Å². The van der Waals surface area contributed by atoms with Crippen molar-refractivity contribution in [3.05, 3.63) is 102 Å². The number of carbonyl (C=O) groups excluding carboxylic acids is 2. The summed E-state index contributed by atoms with van der Waals surface area (Å²) in [6.07, 6.45) is 6.04. The minimum absolute atomic E-state index is 0.0579. The number of rotatable bonds is 6. The molecule has 1 aliphatic heterocycles. The lowest BCUT2D eigenvalue weighted by atomic mass is 9.86. The number of nitrogens with zero attached hydrogens (tertiary/aromatic N) is 2. The van der Waals surface area contributed by atoms with Crippen molar-refractivity contribution >= 4 is 44.3 Å². The van der Waals surface area contributed by atoms with Crippen molar-refractivity contribution in [2.75, 3.05) is 10.6 Å². The topological polar surface area (TPSA) is 110 Å². The molecule has 0 radical (unpaired) electrons. The molecule has 4 aromatic rings. The summed E-state index contributed by atoms with van der Waals surface area (Å²) < 4.78 is 28.3. The van der Waals surface area contributed by atoms with Gasteiger partial charge >= 0.3 is 0 Å². The number of hydrogen-bond acceptors (Lipinski definition) is 6. The predicted octanol–water partition coefficient (Wildman–Crippen LogP) is 5.60. The highest BCUT2D eigenvalue weighted by Gasteiger charge is 2.30. The van der Waals surface area contributed by atoms with E-state index >= 15 is 0 Å². The van der Waals surface area contributed by atoms with E-state index in [0.717, 1.165) is 5.56 Å². The number of benzene rings is 3. The second-order valence-corrected chi connectivity index (χ2v) is 12.0. The number of allylic oxidation sites excluding steroid dienone is 1. The molecule has 6 rings (SSSR count). The van der Waals surface area contributed by atoms with E-state index in [1.165, 1.54) is 0 Å². The molecule has 0 atom stereocenters. The number of para-hydroxylation sites is 1. The number of nitrogens with one attached hydrogen (secondary N) is 2. The van der Waals surface area contributed by atoms with Crippen molar-refractivity contribution in [3.63, 3.8) is 0 Å². The second-order valence-electron chi connectivity index (χ2n) is 10.1. The molecule has 0 spiro atoms. The number of fused-ring (bicyclic) bond motifs is 2. The number of sulfone groups is 1. The first kappa shape index (κ1) is 25.8. The van der Waals surface area contributed by atoms with E-state index in [2.05, 4.69) is 15.7 Å². The minimum Gasteiger partial charge on any atom is -0.353 e. The Morgan fingerprint density at radius 1 is 0.950 bits per heavy atom. The van der Waals surface area contributed by atoms with Crippen LogP contribution in [0.15, 0.2) is 101 Å². The standard InChI is InChI=1S/C31H28N4O4S/c36-24-13-10-21(11-14-24)18-25(31(37)33-30-16-17-35(34-30)20-22-6-2-1-3-7-22)23-12-15-29-27(19-23)32-26-8-4-5-9-28(26)40(29,38)39/h1-9,12,15-19,21,32H,10-11,13-14,20H2,(H,33,34,37)/b25-18+. The Balaban J connectivity index is 1.31. The highest BCUT2D eigenvalue weighted by molar-refractivity contribution is 7.92. The van der Waals surface area contributed by atoms with Crippen LogP contribution in [0.5, 0.6) is 0 Å². The highest BCUT2D eigenvalue weighted by Crippen LogP contribution is 2.40. The Hall–Kier alpha value is -4.50. The molecule has 2 aliphatic rings. The van der Waals surface area contributed by atoms with Gasteiger partial charge in [-0.1, -0.05) is 54.6 Å². The Morgan fingerprint density at radius 3 is 2.48 bits per heavy atom. The first-order chi connectivity index (χ1) is 19.4. The summed E-state index contributed by atoms with van der Waals surface area (Å²) in [6.45, 7) is 0.571. The number of Topliss-reactive ketones (excluding diaryl/α,β-unsaturated/α-hetero) is 1. The average molecular weight is 553 g/mol. The third-order valence-corrected chi connectivity index (χ3v) is 9.20. The van der Waals surface area contributed by atoms with Crippen molar-refractivity contribution in [2.24, 2.45) is 5.92 Å².